The minimum atomic E-state index is -0.481. The standard InChI is InChI=1S/C19H22BNO2/c1-7-15(20-22-18(3,4)19(5,6)23-20)16-13(2)10-11-14-9-8-12-21-17(14)16/h7-12H,1-2H2,3-6H3/b16-15-. The first-order valence-corrected chi connectivity index (χ1v) is 7.82. The predicted molar refractivity (Wildman–Crippen MR) is 96.2 cm³/mol. The Kier molecular flexibility index (Phi) is 3.70. The van der Waals surface area contributed by atoms with Gasteiger partial charge in [-0.2, -0.15) is 0 Å². The maximum Gasteiger partial charge on any atom is 0.495 e. The normalized spacial score (nSPS) is 20.6. The van der Waals surface area contributed by atoms with E-state index in [4.69, 9.17) is 9.31 Å². The van der Waals surface area contributed by atoms with Gasteiger partial charge in [0.2, 0.25) is 0 Å². The highest BCUT2D eigenvalue weighted by molar-refractivity contribution is 6.68. The maximum absolute atomic E-state index is 6.19. The third-order valence-corrected chi connectivity index (χ3v) is 4.88. The van der Waals surface area contributed by atoms with Crippen molar-refractivity contribution in [2.75, 3.05) is 0 Å². The molecule has 2 heterocycles. The molecule has 4 heteroatoms. The highest BCUT2D eigenvalue weighted by atomic mass is 16.7. The summed E-state index contributed by atoms with van der Waals surface area (Å²) < 4.78 is 12.4. The SMILES string of the molecule is C=C/C(B1OC(C)(C)C(C)(C)O1)=c1\c(=C)ccc2cccnc12. The summed E-state index contributed by atoms with van der Waals surface area (Å²) in [4.78, 5) is 4.54. The lowest BCUT2D eigenvalue weighted by atomic mass is 9.76. The smallest absolute Gasteiger partial charge is 0.399 e. The van der Waals surface area contributed by atoms with Crippen LogP contribution in [0.1, 0.15) is 27.7 Å². The van der Waals surface area contributed by atoms with E-state index in [1.54, 1.807) is 12.3 Å². The third kappa shape index (κ3) is 2.52. The second-order valence-electron chi connectivity index (χ2n) is 6.92. The van der Waals surface area contributed by atoms with Crippen LogP contribution in [0, 0.1) is 0 Å². The van der Waals surface area contributed by atoms with Crippen LogP contribution in [-0.4, -0.2) is 23.3 Å². The fourth-order valence-electron chi connectivity index (χ4n) is 2.80. The van der Waals surface area contributed by atoms with Crippen LogP contribution in [0.2, 0.25) is 0 Å². The zero-order valence-electron chi connectivity index (χ0n) is 14.2. The van der Waals surface area contributed by atoms with Gasteiger partial charge in [0, 0.05) is 16.8 Å². The highest BCUT2D eigenvalue weighted by Crippen LogP contribution is 2.38. The number of pyridine rings is 1. The number of aromatic nitrogens is 1. The average Bonchev–Trinajstić information content (AvgIpc) is 2.70. The van der Waals surface area contributed by atoms with Crippen molar-refractivity contribution in [3.8, 4) is 0 Å². The number of benzene rings is 1. The van der Waals surface area contributed by atoms with Gasteiger partial charge in [-0.15, -0.1) is 0 Å². The van der Waals surface area contributed by atoms with Crippen molar-refractivity contribution in [1.29, 1.82) is 0 Å². The van der Waals surface area contributed by atoms with Gasteiger partial charge < -0.3 is 9.31 Å². The molecule has 1 aliphatic rings. The second-order valence-corrected chi connectivity index (χ2v) is 6.92. The van der Waals surface area contributed by atoms with E-state index in [-0.39, 0.29) is 0 Å². The maximum atomic E-state index is 6.19. The fourth-order valence-corrected chi connectivity index (χ4v) is 2.80. The fraction of sp³-hybridized carbons (Fsp3) is 0.316. The summed E-state index contributed by atoms with van der Waals surface area (Å²) >= 11 is 0. The van der Waals surface area contributed by atoms with Crippen LogP contribution in [-0.2, 0) is 9.31 Å². The molecule has 0 bridgehead atoms. The molecule has 2 aromatic rings. The first-order chi connectivity index (χ1) is 10.8. The molecule has 1 saturated heterocycles. The summed E-state index contributed by atoms with van der Waals surface area (Å²) in [5, 5.41) is 2.89. The Balaban J connectivity index is 2.30. The minimum Gasteiger partial charge on any atom is -0.399 e. The molecule has 3 rings (SSSR count). The van der Waals surface area contributed by atoms with Crippen molar-refractivity contribution in [2.24, 2.45) is 0 Å². The van der Waals surface area contributed by atoms with E-state index in [2.05, 4.69) is 18.1 Å². The van der Waals surface area contributed by atoms with Gasteiger partial charge >= 0.3 is 7.12 Å². The van der Waals surface area contributed by atoms with Gasteiger partial charge in [-0.05, 0) is 44.5 Å². The Morgan fingerprint density at radius 1 is 1.13 bits per heavy atom. The lowest BCUT2D eigenvalue weighted by Gasteiger charge is -2.32. The van der Waals surface area contributed by atoms with Crippen molar-refractivity contribution in [2.45, 2.75) is 38.9 Å². The number of nitrogens with zero attached hydrogens (tertiary/aromatic N) is 1. The van der Waals surface area contributed by atoms with Crippen LogP contribution >= 0.6 is 0 Å². The molecule has 118 valence electrons. The zero-order chi connectivity index (χ0) is 16.8. The van der Waals surface area contributed by atoms with Crippen molar-refractivity contribution >= 4 is 30.1 Å². The molecule has 1 fully saturated rings. The molecule has 0 atom stereocenters. The zero-order valence-corrected chi connectivity index (χ0v) is 14.2. The van der Waals surface area contributed by atoms with Crippen LogP contribution < -0.4 is 10.4 Å². The van der Waals surface area contributed by atoms with Crippen molar-refractivity contribution in [1.82, 2.24) is 4.98 Å². The Morgan fingerprint density at radius 2 is 1.78 bits per heavy atom. The molecular formula is C19H22BNO2. The van der Waals surface area contributed by atoms with Crippen molar-refractivity contribution in [3.05, 3.63) is 53.6 Å². The van der Waals surface area contributed by atoms with Crippen LogP contribution in [0.25, 0.3) is 23.0 Å². The molecule has 1 aromatic carbocycles. The molecule has 0 saturated carbocycles. The van der Waals surface area contributed by atoms with Gasteiger partial charge in [0.25, 0.3) is 0 Å². The Labute approximate surface area is 137 Å². The average molecular weight is 307 g/mol. The van der Waals surface area contributed by atoms with E-state index in [0.717, 1.165) is 26.8 Å². The molecule has 23 heavy (non-hydrogen) atoms. The van der Waals surface area contributed by atoms with Gasteiger partial charge in [-0.1, -0.05) is 37.4 Å². The van der Waals surface area contributed by atoms with Gasteiger partial charge in [-0.25, -0.2) is 0 Å². The molecule has 0 aliphatic carbocycles. The first-order valence-electron chi connectivity index (χ1n) is 7.82. The Bertz CT molecular complexity index is 870. The minimum absolute atomic E-state index is 0.398. The Morgan fingerprint density at radius 3 is 2.39 bits per heavy atom. The molecule has 0 N–H and O–H groups in total. The van der Waals surface area contributed by atoms with E-state index in [1.807, 2.05) is 52.0 Å². The number of hydrogen-bond acceptors (Lipinski definition) is 3. The molecule has 0 amide bonds. The van der Waals surface area contributed by atoms with Gasteiger partial charge in [0.15, 0.2) is 0 Å². The third-order valence-electron chi connectivity index (χ3n) is 4.88. The number of fused-ring (bicyclic) bond motifs is 1. The molecule has 1 aromatic heterocycles. The van der Waals surface area contributed by atoms with Crippen molar-refractivity contribution in [3.63, 3.8) is 0 Å². The lowest BCUT2D eigenvalue weighted by molar-refractivity contribution is 0.00578. The molecule has 1 aliphatic heterocycles. The predicted octanol–water partition coefficient (Wildman–Crippen LogP) is 2.61. The summed E-state index contributed by atoms with van der Waals surface area (Å²) in [6.45, 7) is 16.3. The van der Waals surface area contributed by atoms with Gasteiger partial charge in [-0.3, -0.25) is 4.98 Å². The van der Waals surface area contributed by atoms with E-state index < -0.39 is 18.3 Å². The number of hydrogen-bond donors (Lipinski definition) is 0. The van der Waals surface area contributed by atoms with Crippen LogP contribution in [0.15, 0.2) is 43.1 Å². The second kappa shape index (κ2) is 5.32. The monoisotopic (exact) mass is 307 g/mol. The van der Waals surface area contributed by atoms with Crippen molar-refractivity contribution < 1.29 is 9.31 Å². The molecule has 3 nitrogen and oxygen atoms in total. The van der Waals surface area contributed by atoms with E-state index >= 15 is 0 Å². The van der Waals surface area contributed by atoms with E-state index in [1.165, 1.54) is 0 Å². The Hall–Kier alpha value is -1.91. The topological polar surface area (TPSA) is 31.4 Å². The molecule has 0 unspecified atom stereocenters. The van der Waals surface area contributed by atoms with E-state index in [0.29, 0.717) is 0 Å². The summed E-state index contributed by atoms with van der Waals surface area (Å²) in [6.07, 6.45) is 3.58. The van der Waals surface area contributed by atoms with Gasteiger partial charge in [0.1, 0.15) is 0 Å². The van der Waals surface area contributed by atoms with Crippen LogP contribution in [0.4, 0.5) is 0 Å². The summed E-state index contributed by atoms with van der Waals surface area (Å²) in [5.74, 6) is 0. The van der Waals surface area contributed by atoms with E-state index in [9.17, 15) is 0 Å². The summed E-state index contributed by atoms with van der Waals surface area (Å²) in [6, 6.07) is 7.99. The lowest BCUT2D eigenvalue weighted by Crippen LogP contribution is -2.41. The molecule has 0 radical (unpaired) electrons. The number of rotatable bonds is 2. The first kappa shape index (κ1) is 16.0. The molecular weight excluding hydrogens is 285 g/mol. The molecule has 0 spiro atoms. The summed E-state index contributed by atoms with van der Waals surface area (Å²) in [5.41, 5.74) is 0.971. The number of allylic oxidation sites excluding steroid dienone is 1. The highest BCUT2D eigenvalue weighted by Gasteiger charge is 2.52. The van der Waals surface area contributed by atoms with Crippen LogP contribution in [0.5, 0.6) is 0 Å². The quantitative estimate of drug-likeness (QED) is 0.799. The van der Waals surface area contributed by atoms with Gasteiger partial charge in [0.05, 0.1) is 16.7 Å². The van der Waals surface area contributed by atoms with Crippen LogP contribution in [0.3, 0.4) is 0 Å². The summed E-state index contributed by atoms with van der Waals surface area (Å²) in [7, 11) is -0.481. The largest absolute Gasteiger partial charge is 0.495 e.